The molecular formula is C17H26N2O. The van der Waals surface area contributed by atoms with E-state index in [1.807, 2.05) is 6.07 Å². The SMILES string of the molecule is COc1cccc(C(NN)C(C2CCC2)C2CCC2)c1. The lowest BCUT2D eigenvalue weighted by Crippen LogP contribution is -2.44. The Morgan fingerprint density at radius 2 is 1.80 bits per heavy atom. The predicted molar refractivity (Wildman–Crippen MR) is 81.2 cm³/mol. The Kier molecular flexibility index (Phi) is 4.27. The molecule has 2 saturated carbocycles. The monoisotopic (exact) mass is 274 g/mol. The second-order valence-corrected chi connectivity index (χ2v) is 6.38. The molecule has 1 aromatic carbocycles. The molecule has 3 heteroatoms. The molecule has 1 aromatic rings. The van der Waals surface area contributed by atoms with E-state index >= 15 is 0 Å². The zero-order valence-corrected chi connectivity index (χ0v) is 12.3. The second-order valence-electron chi connectivity index (χ2n) is 6.38. The molecule has 0 spiro atoms. The summed E-state index contributed by atoms with van der Waals surface area (Å²) in [7, 11) is 1.72. The second kappa shape index (κ2) is 6.15. The highest BCUT2D eigenvalue weighted by Gasteiger charge is 2.40. The minimum atomic E-state index is 0.265. The first-order valence-corrected chi connectivity index (χ1v) is 7.93. The molecule has 0 saturated heterocycles. The summed E-state index contributed by atoms with van der Waals surface area (Å²) in [6.45, 7) is 0. The first kappa shape index (κ1) is 13.9. The van der Waals surface area contributed by atoms with Crippen LogP contribution in [-0.4, -0.2) is 7.11 Å². The molecule has 110 valence electrons. The number of nitrogens with two attached hydrogens (primary N) is 1. The van der Waals surface area contributed by atoms with Crippen LogP contribution in [0.15, 0.2) is 24.3 Å². The number of hydrogen-bond donors (Lipinski definition) is 2. The van der Waals surface area contributed by atoms with E-state index < -0.39 is 0 Å². The molecule has 0 aliphatic heterocycles. The normalized spacial score (nSPS) is 21.4. The van der Waals surface area contributed by atoms with E-state index in [0.29, 0.717) is 5.92 Å². The van der Waals surface area contributed by atoms with Gasteiger partial charge in [0.1, 0.15) is 5.75 Å². The van der Waals surface area contributed by atoms with Crippen molar-refractivity contribution in [3.63, 3.8) is 0 Å². The number of hydrazine groups is 1. The first-order valence-electron chi connectivity index (χ1n) is 7.93. The lowest BCUT2D eigenvalue weighted by atomic mass is 9.61. The van der Waals surface area contributed by atoms with Crippen LogP contribution in [0.4, 0.5) is 0 Å². The molecule has 0 amide bonds. The minimum Gasteiger partial charge on any atom is -0.497 e. The van der Waals surface area contributed by atoms with Gasteiger partial charge in [-0.05, 0) is 35.4 Å². The van der Waals surface area contributed by atoms with Gasteiger partial charge in [0.2, 0.25) is 0 Å². The summed E-state index contributed by atoms with van der Waals surface area (Å²) in [4.78, 5) is 0. The van der Waals surface area contributed by atoms with Crippen LogP contribution in [0.25, 0.3) is 0 Å². The maximum absolute atomic E-state index is 5.94. The van der Waals surface area contributed by atoms with Crippen molar-refractivity contribution in [3.05, 3.63) is 29.8 Å². The summed E-state index contributed by atoms with van der Waals surface area (Å²) in [5.74, 6) is 9.26. The first-order chi connectivity index (χ1) is 9.83. The Morgan fingerprint density at radius 1 is 1.15 bits per heavy atom. The number of ether oxygens (including phenoxy) is 1. The van der Waals surface area contributed by atoms with Gasteiger partial charge < -0.3 is 4.74 Å². The molecule has 0 aromatic heterocycles. The van der Waals surface area contributed by atoms with E-state index in [2.05, 4.69) is 23.6 Å². The Balaban J connectivity index is 1.84. The minimum absolute atomic E-state index is 0.265. The van der Waals surface area contributed by atoms with Gasteiger partial charge in [-0.25, -0.2) is 0 Å². The van der Waals surface area contributed by atoms with Gasteiger partial charge in [-0.15, -0.1) is 0 Å². The van der Waals surface area contributed by atoms with Crippen molar-refractivity contribution < 1.29 is 4.74 Å². The summed E-state index contributed by atoms with van der Waals surface area (Å²) in [5, 5.41) is 0. The number of methoxy groups -OCH3 is 1. The Morgan fingerprint density at radius 3 is 2.25 bits per heavy atom. The van der Waals surface area contributed by atoms with Crippen molar-refractivity contribution >= 4 is 0 Å². The zero-order valence-electron chi connectivity index (χ0n) is 12.3. The highest BCUT2D eigenvalue weighted by Crippen LogP contribution is 2.49. The third kappa shape index (κ3) is 2.57. The van der Waals surface area contributed by atoms with E-state index in [1.54, 1.807) is 7.11 Å². The van der Waals surface area contributed by atoms with E-state index in [4.69, 9.17) is 10.6 Å². The van der Waals surface area contributed by atoms with Gasteiger partial charge in [-0.3, -0.25) is 11.3 Å². The van der Waals surface area contributed by atoms with Crippen LogP contribution >= 0.6 is 0 Å². The third-order valence-electron chi connectivity index (χ3n) is 5.41. The maximum atomic E-state index is 5.94. The van der Waals surface area contributed by atoms with Gasteiger partial charge in [-0.1, -0.05) is 50.7 Å². The van der Waals surface area contributed by atoms with Crippen LogP contribution in [0.3, 0.4) is 0 Å². The van der Waals surface area contributed by atoms with E-state index in [9.17, 15) is 0 Å². The van der Waals surface area contributed by atoms with E-state index in [1.165, 1.54) is 44.1 Å². The van der Waals surface area contributed by atoms with Gasteiger partial charge in [0.15, 0.2) is 0 Å². The lowest BCUT2D eigenvalue weighted by molar-refractivity contribution is 0.0595. The van der Waals surface area contributed by atoms with Gasteiger partial charge in [0, 0.05) is 6.04 Å². The number of hydrogen-bond acceptors (Lipinski definition) is 3. The average molecular weight is 274 g/mol. The van der Waals surface area contributed by atoms with Gasteiger partial charge >= 0.3 is 0 Å². The fourth-order valence-corrected chi connectivity index (χ4v) is 3.84. The van der Waals surface area contributed by atoms with Crippen LogP contribution in [0.1, 0.15) is 50.1 Å². The van der Waals surface area contributed by atoms with Gasteiger partial charge in [0.05, 0.1) is 7.11 Å². The summed E-state index contributed by atoms with van der Waals surface area (Å²) >= 11 is 0. The molecule has 0 bridgehead atoms. The van der Waals surface area contributed by atoms with Crippen LogP contribution in [-0.2, 0) is 0 Å². The third-order valence-corrected chi connectivity index (χ3v) is 5.41. The molecule has 3 nitrogen and oxygen atoms in total. The molecule has 3 rings (SSSR count). The Labute approximate surface area is 121 Å². The smallest absolute Gasteiger partial charge is 0.119 e. The van der Waals surface area contributed by atoms with Crippen molar-refractivity contribution in [2.75, 3.05) is 7.11 Å². The van der Waals surface area contributed by atoms with Crippen LogP contribution in [0.5, 0.6) is 5.75 Å². The highest BCUT2D eigenvalue weighted by atomic mass is 16.5. The largest absolute Gasteiger partial charge is 0.497 e. The molecule has 2 aliphatic rings. The summed E-state index contributed by atoms with van der Waals surface area (Å²) in [5.41, 5.74) is 4.39. The van der Waals surface area contributed by atoms with Crippen molar-refractivity contribution in [3.8, 4) is 5.75 Å². The molecular weight excluding hydrogens is 248 g/mol. The van der Waals surface area contributed by atoms with Crippen molar-refractivity contribution in [1.82, 2.24) is 5.43 Å². The predicted octanol–water partition coefficient (Wildman–Crippen LogP) is 3.42. The molecule has 1 unspecified atom stereocenters. The topological polar surface area (TPSA) is 47.3 Å². The fourth-order valence-electron chi connectivity index (χ4n) is 3.84. The van der Waals surface area contributed by atoms with Crippen LogP contribution < -0.4 is 16.0 Å². The van der Waals surface area contributed by atoms with Gasteiger partial charge in [0.25, 0.3) is 0 Å². The quantitative estimate of drug-likeness (QED) is 0.617. The standard InChI is InChI=1S/C17H26N2O/c1-20-15-10-4-9-14(11-15)17(19-18)16(12-5-2-6-12)13-7-3-8-13/h4,9-13,16-17,19H,2-3,5-8,18H2,1H3. The molecule has 0 radical (unpaired) electrons. The summed E-state index contributed by atoms with van der Waals surface area (Å²) in [6.07, 6.45) is 8.30. The molecule has 0 heterocycles. The van der Waals surface area contributed by atoms with Crippen molar-refractivity contribution in [2.45, 2.75) is 44.6 Å². The van der Waals surface area contributed by atoms with Crippen LogP contribution in [0.2, 0.25) is 0 Å². The van der Waals surface area contributed by atoms with E-state index in [0.717, 1.165) is 17.6 Å². The average Bonchev–Trinajstić information content (AvgIpc) is 2.36. The summed E-state index contributed by atoms with van der Waals surface area (Å²) < 4.78 is 5.36. The van der Waals surface area contributed by atoms with Crippen molar-refractivity contribution in [1.29, 1.82) is 0 Å². The molecule has 3 N–H and O–H groups in total. The van der Waals surface area contributed by atoms with Crippen LogP contribution in [0, 0.1) is 17.8 Å². The van der Waals surface area contributed by atoms with E-state index in [-0.39, 0.29) is 6.04 Å². The maximum Gasteiger partial charge on any atom is 0.119 e. The molecule has 2 fully saturated rings. The number of benzene rings is 1. The Bertz CT molecular complexity index is 426. The zero-order chi connectivity index (χ0) is 13.9. The van der Waals surface area contributed by atoms with Crippen molar-refractivity contribution in [2.24, 2.45) is 23.6 Å². The Hall–Kier alpha value is -1.06. The highest BCUT2D eigenvalue weighted by molar-refractivity contribution is 5.31. The lowest BCUT2D eigenvalue weighted by Gasteiger charge is -2.46. The number of nitrogens with one attached hydrogen (secondary N) is 1. The molecule has 20 heavy (non-hydrogen) atoms. The molecule has 2 aliphatic carbocycles. The number of rotatable bonds is 6. The van der Waals surface area contributed by atoms with Gasteiger partial charge in [-0.2, -0.15) is 0 Å². The summed E-state index contributed by atoms with van der Waals surface area (Å²) in [6, 6.07) is 8.64. The fraction of sp³-hybridized carbons (Fsp3) is 0.647. The molecule has 1 atom stereocenters.